The van der Waals surface area contributed by atoms with Crippen molar-refractivity contribution in [2.75, 3.05) is 9.80 Å². The number of benzene rings is 15. The maximum Gasteiger partial charge on any atom is 0.0546 e. The van der Waals surface area contributed by atoms with Gasteiger partial charge in [-0.25, -0.2) is 0 Å². The van der Waals surface area contributed by atoms with E-state index in [1.54, 1.807) is 0 Å². The van der Waals surface area contributed by atoms with E-state index >= 15 is 0 Å². The molecule has 15 aromatic rings. The van der Waals surface area contributed by atoms with Crippen LogP contribution in [0.5, 0.6) is 0 Å². The smallest absolute Gasteiger partial charge is 0.0546 e. The summed E-state index contributed by atoms with van der Waals surface area (Å²) in [5.74, 6) is 1.17. The van der Waals surface area contributed by atoms with Gasteiger partial charge in [-0.15, -0.1) is 0 Å². The maximum atomic E-state index is 2.60. The molecule has 0 aliphatic heterocycles. The molecule has 2 nitrogen and oxygen atoms in total. The van der Waals surface area contributed by atoms with Crippen LogP contribution in [0.15, 0.2) is 255 Å². The Balaban J connectivity index is 0.926. The second-order valence-corrected chi connectivity index (χ2v) is 27.1. The minimum atomic E-state index is 0.583. The van der Waals surface area contributed by atoms with Crippen molar-refractivity contribution in [1.29, 1.82) is 0 Å². The zero-order chi connectivity index (χ0) is 61.6. The largest absolute Gasteiger partial charge is 0.310 e. The number of fused-ring (bicyclic) bond motifs is 6. The Morgan fingerprint density at radius 2 is 0.533 bits per heavy atom. The third kappa shape index (κ3) is 9.60. The van der Waals surface area contributed by atoms with Gasteiger partial charge in [-0.05, 0) is 224 Å². The van der Waals surface area contributed by atoms with Gasteiger partial charge in [0.25, 0.3) is 0 Å². The molecule has 0 spiro atoms. The summed E-state index contributed by atoms with van der Waals surface area (Å²) in [6.07, 6.45) is 18.1. The van der Waals surface area contributed by atoms with E-state index in [4.69, 9.17) is 0 Å². The molecule has 0 aromatic heterocycles. The molecule has 0 atom stereocenters. The first-order valence-corrected chi connectivity index (χ1v) is 33.9. The summed E-state index contributed by atoms with van der Waals surface area (Å²) in [5, 5.41) is 20.5. The summed E-state index contributed by atoms with van der Waals surface area (Å²) in [6.45, 7) is 8.77. The molecule has 2 aliphatic rings. The van der Waals surface area contributed by atoms with E-state index in [-0.39, 0.29) is 0 Å². The standard InChI is InChI=1S/C90H76N2/c1-57-27-35-63(36-28-57)79(55-61-15-7-5-8-16-61)65-39-47-71(48-40-65)91(69-43-31-59(3)32-44-69)81-53-51-77-86-74-24-12-20-68-22-14-26-76(84(68)74)88-82(54-52-78(90(86)88)85-73-23-11-19-67-21-13-25-75(83(67)73)87(81)89(77)85)92(70-45-33-60(4)34-46-70)72-49-41-66(42-50-72)80(56-62-17-9-6-10-18-62)64-37-29-58(2)30-38-64/h11-14,19-56,61-62H,5-10,15-18H2,1-4H3. The van der Waals surface area contributed by atoms with E-state index < -0.39 is 0 Å². The van der Waals surface area contributed by atoms with Crippen molar-refractivity contribution in [3.05, 3.63) is 299 Å². The summed E-state index contributed by atoms with van der Waals surface area (Å²) in [5.41, 5.74) is 19.7. The first-order chi connectivity index (χ1) is 45.3. The van der Waals surface area contributed by atoms with E-state index in [0.717, 1.165) is 22.7 Å². The Bertz CT molecular complexity index is 4980. The van der Waals surface area contributed by atoms with Gasteiger partial charge in [-0.2, -0.15) is 0 Å². The number of nitrogens with zero attached hydrogens (tertiary/aromatic N) is 2. The third-order valence-electron chi connectivity index (χ3n) is 21.1. The first kappa shape index (κ1) is 56.0. The lowest BCUT2D eigenvalue weighted by Crippen LogP contribution is -2.12. The summed E-state index contributed by atoms with van der Waals surface area (Å²) >= 11 is 0. The zero-order valence-corrected chi connectivity index (χ0v) is 53.4. The van der Waals surface area contributed by atoms with Gasteiger partial charge >= 0.3 is 0 Å². The SMILES string of the molecule is Cc1ccc(C(=CC2CCCCC2)c2ccc(N(c3ccc(C)cc3)c3ccc4c5c6cccc7cccc(c8c(N(c9ccc(C)cc9)c9ccc(C(=CC%10CCCCC%10)c%10ccc(C)cc%10)cc9)ccc(c9c%10cccc%11cccc(c3c49)c%11%10)c85)c76)cc2)cc1. The second-order valence-electron chi connectivity index (χ2n) is 27.1. The molecule has 0 bridgehead atoms. The van der Waals surface area contributed by atoms with Crippen LogP contribution in [0.4, 0.5) is 34.1 Å². The van der Waals surface area contributed by atoms with Crippen molar-refractivity contribution in [3.63, 3.8) is 0 Å². The topological polar surface area (TPSA) is 6.48 Å². The fraction of sp³-hybridized carbons (Fsp3) is 0.178. The highest BCUT2D eigenvalue weighted by Gasteiger charge is 2.29. The molecule has 15 aromatic carbocycles. The van der Waals surface area contributed by atoms with Crippen LogP contribution in [-0.2, 0) is 0 Å². The molecule has 0 unspecified atom stereocenters. The van der Waals surface area contributed by atoms with Gasteiger partial charge in [0.15, 0.2) is 0 Å². The number of hydrogen-bond donors (Lipinski definition) is 0. The predicted octanol–water partition coefficient (Wildman–Crippen LogP) is 26.0. The van der Waals surface area contributed by atoms with Crippen LogP contribution in [0.3, 0.4) is 0 Å². The van der Waals surface area contributed by atoms with E-state index in [9.17, 15) is 0 Å². The molecule has 2 heteroatoms. The second kappa shape index (κ2) is 23.0. The zero-order valence-electron chi connectivity index (χ0n) is 53.4. The normalized spacial score (nSPS) is 14.8. The summed E-state index contributed by atoms with van der Waals surface area (Å²) in [4.78, 5) is 5.09. The van der Waals surface area contributed by atoms with Crippen LogP contribution in [0, 0.1) is 39.5 Å². The molecule has 92 heavy (non-hydrogen) atoms. The Morgan fingerprint density at radius 3 is 0.859 bits per heavy atom. The Labute approximate surface area is 541 Å². The summed E-state index contributed by atoms with van der Waals surface area (Å²) < 4.78 is 0. The van der Waals surface area contributed by atoms with Gasteiger partial charge in [-0.1, -0.05) is 255 Å². The molecule has 2 saturated carbocycles. The van der Waals surface area contributed by atoms with E-state index in [1.165, 1.54) is 217 Å². The van der Waals surface area contributed by atoms with Gasteiger partial charge in [-0.3, -0.25) is 0 Å². The molecule has 2 aliphatic carbocycles. The molecule has 2 fully saturated rings. The lowest BCUT2D eigenvalue weighted by Gasteiger charge is -2.31. The van der Waals surface area contributed by atoms with Crippen LogP contribution in [-0.4, -0.2) is 0 Å². The lowest BCUT2D eigenvalue weighted by molar-refractivity contribution is 0.420. The van der Waals surface area contributed by atoms with E-state index in [1.807, 2.05) is 0 Å². The van der Waals surface area contributed by atoms with Crippen LogP contribution in [0.25, 0.3) is 97.3 Å². The van der Waals surface area contributed by atoms with E-state index in [0.29, 0.717) is 11.8 Å². The van der Waals surface area contributed by atoms with Gasteiger partial charge < -0.3 is 9.80 Å². The highest BCUT2D eigenvalue weighted by Crippen LogP contribution is 2.56. The molecule has 0 amide bonds. The molecule has 0 saturated heterocycles. The van der Waals surface area contributed by atoms with E-state index in [2.05, 4.69) is 292 Å². The molecular weight excluding hydrogens is 1110 g/mol. The molecule has 0 radical (unpaired) electrons. The van der Waals surface area contributed by atoms with Crippen LogP contribution >= 0.6 is 0 Å². The van der Waals surface area contributed by atoms with Crippen LogP contribution in [0.1, 0.15) is 109 Å². The average Bonchev–Trinajstić information content (AvgIpc) is 0.677. The highest BCUT2D eigenvalue weighted by molar-refractivity contribution is 6.49. The minimum absolute atomic E-state index is 0.583. The predicted molar refractivity (Wildman–Crippen MR) is 397 cm³/mol. The van der Waals surface area contributed by atoms with Crippen molar-refractivity contribution in [3.8, 4) is 0 Å². The number of allylic oxidation sites excluding steroid dienone is 2. The number of rotatable bonds is 12. The lowest BCUT2D eigenvalue weighted by atomic mass is 9.81. The minimum Gasteiger partial charge on any atom is -0.310 e. The van der Waals surface area contributed by atoms with Crippen molar-refractivity contribution in [2.45, 2.75) is 91.9 Å². The van der Waals surface area contributed by atoms with Gasteiger partial charge in [0.05, 0.1) is 11.4 Å². The number of anilines is 6. The fourth-order valence-corrected chi connectivity index (χ4v) is 16.5. The quantitative estimate of drug-likeness (QED) is 0.0889. The average molecular weight is 1190 g/mol. The molecular formula is C90H76N2. The fourth-order valence-electron chi connectivity index (χ4n) is 16.5. The Hall–Kier alpha value is -10.0. The van der Waals surface area contributed by atoms with Crippen molar-refractivity contribution < 1.29 is 0 Å². The van der Waals surface area contributed by atoms with Crippen molar-refractivity contribution in [2.24, 2.45) is 11.8 Å². The molecule has 17 rings (SSSR count). The highest BCUT2D eigenvalue weighted by atomic mass is 15.1. The Kier molecular flexibility index (Phi) is 14.0. The molecule has 446 valence electrons. The third-order valence-corrected chi connectivity index (χ3v) is 21.1. The summed E-state index contributed by atoms with van der Waals surface area (Å²) in [7, 11) is 0. The monoisotopic (exact) mass is 1180 g/mol. The molecule has 0 N–H and O–H groups in total. The van der Waals surface area contributed by atoms with Crippen molar-refractivity contribution >= 4 is 131 Å². The molecule has 0 heterocycles. The van der Waals surface area contributed by atoms with Gasteiger partial charge in [0.2, 0.25) is 0 Å². The van der Waals surface area contributed by atoms with Crippen LogP contribution < -0.4 is 9.80 Å². The number of aryl methyl sites for hydroxylation is 4. The summed E-state index contributed by atoms with van der Waals surface area (Å²) in [6, 6.07) is 93.7. The number of hydrogen-bond acceptors (Lipinski definition) is 2. The Morgan fingerprint density at radius 1 is 0.261 bits per heavy atom. The maximum absolute atomic E-state index is 2.60. The van der Waals surface area contributed by atoms with Crippen molar-refractivity contribution in [1.82, 2.24) is 0 Å². The first-order valence-electron chi connectivity index (χ1n) is 33.9. The van der Waals surface area contributed by atoms with Gasteiger partial charge in [0, 0.05) is 44.3 Å². The van der Waals surface area contributed by atoms with Crippen LogP contribution in [0.2, 0.25) is 0 Å². The van der Waals surface area contributed by atoms with Gasteiger partial charge in [0.1, 0.15) is 0 Å².